The van der Waals surface area contributed by atoms with Crippen LogP contribution in [0.4, 0.5) is 0 Å². The van der Waals surface area contributed by atoms with Gasteiger partial charge in [-0.2, -0.15) is 0 Å². The molecule has 1 N–H and O–H groups in total. The average Bonchev–Trinajstić information content (AvgIpc) is 3.38. The Labute approximate surface area is 193 Å². The second kappa shape index (κ2) is 10.3. The fourth-order valence-electron chi connectivity index (χ4n) is 3.90. The van der Waals surface area contributed by atoms with Crippen molar-refractivity contribution in [2.45, 2.75) is 13.0 Å². The van der Waals surface area contributed by atoms with E-state index in [1.807, 2.05) is 53.4 Å². The molecule has 2 heterocycles. The molecule has 1 saturated heterocycles. The molecule has 172 valence electrons. The standard InChI is InChI=1S/C25H28N4O4/c1-3-28-12-14-29(15-13-28)25(31)23(18-8-5-4-6-9-18)26-24(30)21-17-22(33-27-21)19-10-7-11-20(16-19)32-2/h4-11,16-17,23H,3,12-15H2,1-2H3,(H,26,30)/t23-/m0/s1. The van der Waals surface area contributed by atoms with Crippen LogP contribution in [0.2, 0.25) is 0 Å². The topological polar surface area (TPSA) is 87.9 Å². The minimum Gasteiger partial charge on any atom is -0.497 e. The largest absolute Gasteiger partial charge is 0.497 e. The summed E-state index contributed by atoms with van der Waals surface area (Å²) < 4.78 is 10.6. The number of carbonyl (C=O) groups excluding carboxylic acids is 2. The van der Waals surface area contributed by atoms with Crippen molar-refractivity contribution in [2.75, 3.05) is 39.8 Å². The van der Waals surface area contributed by atoms with Crippen LogP contribution in [0.1, 0.15) is 29.0 Å². The van der Waals surface area contributed by atoms with Crippen LogP contribution in [0.25, 0.3) is 11.3 Å². The van der Waals surface area contributed by atoms with Gasteiger partial charge in [0.2, 0.25) is 5.91 Å². The highest BCUT2D eigenvalue weighted by Gasteiger charge is 2.30. The van der Waals surface area contributed by atoms with Gasteiger partial charge in [0.1, 0.15) is 11.8 Å². The third kappa shape index (κ3) is 5.23. The van der Waals surface area contributed by atoms with Crippen molar-refractivity contribution in [2.24, 2.45) is 0 Å². The molecule has 1 aromatic heterocycles. The summed E-state index contributed by atoms with van der Waals surface area (Å²) in [6.45, 7) is 5.99. The van der Waals surface area contributed by atoms with E-state index in [0.717, 1.165) is 30.8 Å². The van der Waals surface area contributed by atoms with Crippen LogP contribution in [0, 0.1) is 0 Å². The van der Waals surface area contributed by atoms with Gasteiger partial charge in [0.15, 0.2) is 11.5 Å². The average molecular weight is 449 g/mol. The molecule has 4 rings (SSSR count). The maximum absolute atomic E-state index is 13.4. The molecule has 0 aliphatic carbocycles. The summed E-state index contributed by atoms with van der Waals surface area (Å²) in [4.78, 5) is 30.6. The number of nitrogens with one attached hydrogen (secondary N) is 1. The highest BCUT2D eigenvalue weighted by atomic mass is 16.5. The Morgan fingerprint density at radius 3 is 2.52 bits per heavy atom. The number of ether oxygens (including phenoxy) is 1. The second-order valence-corrected chi connectivity index (χ2v) is 7.89. The molecule has 0 unspecified atom stereocenters. The molecule has 1 fully saturated rings. The number of benzene rings is 2. The smallest absolute Gasteiger partial charge is 0.274 e. The van der Waals surface area contributed by atoms with E-state index in [9.17, 15) is 9.59 Å². The zero-order chi connectivity index (χ0) is 23.2. The SMILES string of the molecule is CCN1CCN(C(=O)[C@@H](NC(=O)c2cc(-c3cccc(OC)c3)on2)c2ccccc2)CC1. The molecule has 1 aliphatic heterocycles. The molecule has 0 spiro atoms. The van der Waals surface area contributed by atoms with Crippen molar-refractivity contribution < 1.29 is 18.8 Å². The van der Waals surface area contributed by atoms with E-state index in [2.05, 4.69) is 22.3 Å². The molecule has 2 amide bonds. The van der Waals surface area contributed by atoms with Gasteiger partial charge in [-0.1, -0.05) is 54.5 Å². The van der Waals surface area contributed by atoms with Crippen LogP contribution in [0.15, 0.2) is 65.2 Å². The number of aromatic nitrogens is 1. The molecule has 2 aromatic carbocycles. The number of rotatable bonds is 7. The third-order valence-corrected chi connectivity index (χ3v) is 5.88. The lowest BCUT2D eigenvalue weighted by Crippen LogP contribution is -2.52. The first-order chi connectivity index (χ1) is 16.1. The van der Waals surface area contributed by atoms with E-state index in [4.69, 9.17) is 9.26 Å². The van der Waals surface area contributed by atoms with Gasteiger partial charge in [-0.3, -0.25) is 9.59 Å². The first-order valence-corrected chi connectivity index (χ1v) is 11.1. The Morgan fingerprint density at radius 2 is 1.82 bits per heavy atom. The Balaban J connectivity index is 1.52. The van der Waals surface area contributed by atoms with Crippen LogP contribution in [-0.2, 0) is 4.79 Å². The quantitative estimate of drug-likeness (QED) is 0.598. The van der Waals surface area contributed by atoms with Crippen molar-refractivity contribution in [3.05, 3.63) is 71.9 Å². The molecule has 0 saturated carbocycles. The summed E-state index contributed by atoms with van der Waals surface area (Å²) in [6, 6.07) is 17.3. The molecule has 1 aliphatic rings. The van der Waals surface area contributed by atoms with Crippen molar-refractivity contribution in [1.29, 1.82) is 0 Å². The Kier molecular flexibility index (Phi) is 7.04. The molecule has 0 radical (unpaired) electrons. The monoisotopic (exact) mass is 448 g/mol. The summed E-state index contributed by atoms with van der Waals surface area (Å²) in [7, 11) is 1.58. The van der Waals surface area contributed by atoms with Crippen LogP contribution >= 0.6 is 0 Å². The van der Waals surface area contributed by atoms with Gasteiger partial charge in [0.25, 0.3) is 5.91 Å². The van der Waals surface area contributed by atoms with Crippen LogP contribution in [0.3, 0.4) is 0 Å². The number of piperazine rings is 1. The number of carbonyl (C=O) groups is 2. The lowest BCUT2D eigenvalue weighted by Gasteiger charge is -2.36. The molecule has 8 heteroatoms. The first-order valence-electron chi connectivity index (χ1n) is 11.1. The minimum atomic E-state index is -0.802. The summed E-state index contributed by atoms with van der Waals surface area (Å²) in [5, 5.41) is 6.80. The molecular weight excluding hydrogens is 420 g/mol. The van der Waals surface area contributed by atoms with Gasteiger partial charge in [0.05, 0.1) is 7.11 Å². The van der Waals surface area contributed by atoms with Gasteiger partial charge in [-0.05, 0) is 24.2 Å². The molecular formula is C25H28N4O4. The van der Waals surface area contributed by atoms with Gasteiger partial charge >= 0.3 is 0 Å². The van der Waals surface area contributed by atoms with Crippen molar-refractivity contribution in [1.82, 2.24) is 20.3 Å². The van der Waals surface area contributed by atoms with Gasteiger partial charge < -0.3 is 24.4 Å². The summed E-state index contributed by atoms with van der Waals surface area (Å²) in [5.74, 6) is 0.522. The highest BCUT2D eigenvalue weighted by molar-refractivity contribution is 5.97. The maximum atomic E-state index is 13.4. The summed E-state index contributed by atoms with van der Waals surface area (Å²) in [6.07, 6.45) is 0. The number of hydrogen-bond acceptors (Lipinski definition) is 6. The van der Waals surface area contributed by atoms with E-state index in [-0.39, 0.29) is 11.6 Å². The van der Waals surface area contributed by atoms with Crippen LogP contribution in [-0.4, -0.2) is 66.6 Å². The van der Waals surface area contributed by atoms with Crippen LogP contribution in [0.5, 0.6) is 5.75 Å². The first kappa shape index (κ1) is 22.5. The van der Waals surface area contributed by atoms with E-state index in [1.165, 1.54) is 0 Å². The number of methoxy groups -OCH3 is 1. The third-order valence-electron chi connectivity index (χ3n) is 5.88. The second-order valence-electron chi connectivity index (χ2n) is 7.89. The molecule has 33 heavy (non-hydrogen) atoms. The fraction of sp³-hybridized carbons (Fsp3) is 0.320. The predicted molar refractivity (Wildman–Crippen MR) is 124 cm³/mol. The molecule has 0 bridgehead atoms. The van der Waals surface area contributed by atoms with E-state index in [1.54, 1.807) is 19.2 Å². The fourth-order valence-corrected chi connectivity index (χ4v) is 3.90. The zero-order valence-corrected chi connectivity index (χ0v) is 18.9. The lowest BCUT2D eigenvalue weighted by molar-refractivity contribution is -0.135. The van der Waals surface area contributed by atoms with Crippen molar-refractivity contribution >= 4 is 11.8 Å². The molecule has 1 atom stereocenters. The van der Waals surface area contributed by atoms with Gasteiger partial charge in [-0.15, -0.1) is 0 Å². The minimum absolute atomic E-state index is 0.109. The molecule has 3 aromatic rings. The number of likely N-dealkylation sites (N-methyl/N-ethyl adjacent to an activating group) is 1. The van der Waals surface area contributed by atoms with Crippen molar-refractivity contribution in [3.8, 4) is 17.1 Å². The lowest BCUT2D eigenvalue weighted by atomic mass is 10.0. The predicted octanol–water partition coefficient (Wildman–Crippen LogP) is 2.99. The highest BCUT2D eigenvalue weighted by Crippen LogP contribution is 2.25. The van der Waals surface area contributed by atoms with E-state index < -0.39 is 11.9 Å². The van der Waals surface area contributed by atoms with Gasteiger partial charge in [0, 0.05) is 37.8 Å². The molecule has 8 nitrogen and oxygen atoms in total. The number of amides is 2. The van der Waals surface area contributed by atoms with Gasteiger partial charge in [-0.25, -0.2) is 0 Å². The van der Waals surface area contributed by atoms with E-state index in [0.29, 0.717) is 24.6 Å². The summed E-state index contributed by atoms with van der Waals surface area (Å²) >= 11 is 0. The Hall–Kier alpha value is -3.65. The number of nitrogens with zero attached hydrogens (tertiary/aromatic N) is 3. The normalized spacial score (nSPS) is 15.2. The van der Waals surface area contributed by atoms with E-state index >= 15 is 0 Å². The maximum Gasteiger partial charge on any atom is 0.274 e. The Morgan fingerprint density at radius 1 is 1.06 bits per heavy atom. The summed E-state index contributed by atoms with van der Waals surface area (Å²) in [5.41, 5.74) is 1.58. The zero-order valence-electron chi connectivity index (χ0n) is 18.9. The number of hydrogen-bond donors (Lipinski definition) is 1. The Bertz CT molecular complexity index is 1090. The van der Waals surface area contributed by atoms with Crippen LogP contribution < -0.4 is 10.1 Å². The van der Waals surface area contributed by atoms with Crippen molar-refractivity contribution in [3.63, 3.8) is 0 Å².